The molecular formula is C9H10N4O. The summed E-state index contributed by atoms with van der Waals surface area (Å²) < 4.78 is 1.55. The molecule has 14 heavy (non-hydrogen) atoms. The monoisotopic (exact) mass is 190 g/mol. The summed E-state index contributed by atoms with van der Waals surface area (Å²) in [6.45, 7) is 1.72. The minimum Gasteiger partial charge on any atom is -0.389 e. The fourth-order valence-electron chi connectivity index (χ4n) is 1.21. The fraction of sp³-hybridized carbons (Fsp3) is 0.222. The van der Waals surface area contributed by atoms with Gasteiger partial charge in [-0.25, -0.2) is 4.68 Å². The average molecular weight is 190 g/mol. The lowest BCUT2D eigenvalue weighted by atomic mass is 10.1. The van der Waals surface area contributed by atoms with E-state index in [-0.39, 0.29) is 0 Å². The molecule has 0 unspecified atom stereocenters. The second kappa shape index (κ2) is 3.55. The zero-order valence-electron chi connectivity index (χ0n) is 7.70. The van der Waals surface area contributed by atoms with Crippen LogP contribution in [0, 0.1) is 0 Å². The maximum absolute atomic E-state index is 9.38. The summed E-state index contributed by atoms with van der Waals surface area (Å²) >= 11 is 0. The van der Waals surface area contributed by atoms with Crippen LogP contribution in [0.2, 0.25) is 0 Å². The smallest absolute Gasteiger partial charge is 0.143 e. The molecule has 5 nitrogen and oxygen atoms in total. The van der Waals surface area contributed by atoms with Crippen LogP contribution in [-0.2, 0) is 0 Å². The van der Waals surface area contributed by atoms with Crippen LogP contribution in [0.1, 0.15) is 18.6 Å². The summed E-state index contributed by atoms with van der Waals surface area (Å²) in [5.74, 6) is 0. The minimum absolute atomic E-state index is 0.480. The Hall–Kier alpha value is -1.75. The van der Waals surface area contributed by atoms with Crippen molar-refractivity contribution in [3.8, 4) is 5.69 Å². The van der Waals surface area contributed by atoms with Gasteiger partial charge in [0.15, 0.2) is 0 Å². The lowest BCUT2D eigenvalue weighted by Gasteiger charge is -2.06. The number of aliphatic hydroxyl groups excluding tert-OH is 1. The van der Waals surface area contributed by atoms with Crippen LogP contribution in [0.15, 0.2) is 30.6 Å². The average Bonchev–Trinajstić information content (AvgIpc) is 2.71. The summed E-state index contributed by atoms with van der Waals surface area (Å²) in [5.41, 5.74) is 1.69. The van der Waals surface area contributed by atoms with Gasteiger partial charge in [-0.05, 0) is 35.0 Å². The summed E-state index contributed by atoms with van der Waals surface area (Å²) in [5, 5.41) is 20.2. The maximum atomic E-state index is 9.38. The van der Waals surface area contributed by atoms with Crippen molar-refractivity contribution in [2.24, 2.45) is 0 Å². The van der Waals surface area contributed by atoms with Crippen molar-refractivity contribution < 1.29 is 5.11 Å². The zero-order valence-corrected chi connectivity index (χ0v) is 7.70. The van der Waals surface area contributed by atoms with Gasteiger partial charge in [-0.15, -0.1) is 5.10 Å². The maximum Gasteiger partial charge on any atom is 0.143 e. The van der Waals surface area contributed by atoms with Gasteiger partial charge in [-0.1, -0.05) is 12.1 Å². The number of hydrogen-bond acceptors (Lipinski definition) is 4. The third kappa shape index (κ3) is 1.62. The molecule has 0 aliphatic heterocycles. The Bertz CT molecular complexity index is 411. The van der Waals surface area contributed by atoms with Gasteiger partial charge >= 0.3 is 0 Å². The van der Waals surface area contributed by atoms with E-state index in [9.17, 15) is 5.11 Å². The topological polar surface area (TPSA) is 63.8 Å². The number of benzene rings is 1. The normalized spacial score (nSPS) is 12.7. The molecule has 2 rings (SSSR count). The Balaban J connectivity index is 2.41. The largest absolute Gasteiger partial charge is 0.389 e. The summed E-state index contributed by atoms with van der Waals surface area (Å²) in [6, 6.07) is 7.45. The first-order valence-electron chi connectivity index (χ1n) is 4.29. The molecule has 2 aromatic rings. The molecule has 0 saturated carbocycles. The second-order valence-corrected chi connectivity index (χ2v) is 3.03. The zero-order chi connectivity index (χ0) is 9.97. The SMILES string of the molecule is C[C@H](O)c1cccc(-n2cnnn2)c1. The van der Waals surface area contributed by atoms with E-state index in [1.54, 1.807) is 11.6 Å². The van der Waals surface area contributed by atoms with E-state index in [0.29, 0.717) is 0 Å². The molecule has 1 atom stereocenters. The summed E-state index contributed by atoms with van der Waals surface area (Å²) in [7, 11) is 0. The van der Waals surface area contributed by atoms with Crippen molar-refractivity contribution >= 4 is 0 Å². The number of hydrogen-bond donors (Lipinski definition) is 1. The fourth-order valence-corrected chi connectivity index (χ4v) is 1.21. The third-order valence-electron chi connectivity index (χ3n) is 1.97. The van der Waals surface area contributed by atoms with Gasteiger partial charge in [0.05, 0.1) is 11.8 Å². The molecule has 0 saturated heterocycles. The lowest BCUT2D eigenvalue weighted by molar-refractivity contribution is 0.199. The van der Waals surface area contributed by atoms with E-state index in [2.05, 4.69) is 15.5 Å². The predicted molar refractivity (Wildman–Crippen MR) is 49.8 cm³/mol. The van der Waals surface area contributed by atoms with Gasteiger partial charge in [-0.3, -0.25) is 0 Å². The Morgan fingerprint density at radius 2 is 2.29 bits per heavy atom. The van der Waals surface area contributed by atoms with Crippen molar-refractivity contribution in [1.29, 1.82) is 0 Å². The molecule has 0 fully saturated rings. The third-order valence-corrected chi connectivity index (χ3v) is 1.97. The van der Waals surface area contributed by atoms with E-state index in [4.69, 9.17) is 0 Å². The molecule has 0 radical (unpaired) electrons. The molecule has 0 aliphatic carbocycles. The van der Waals surface area contributed by atoms with Crippen molar-refractivity contribution in [3.63, 3.8) is 0 Å². The molecule has 0 spiro atoms. The summed E-state index contributed by atoms with van der Waals surface area (Å²) in [6.07, 6.45) is 1.03. The van der Waals surface area contributed by atoms with Gasteiger partial charge in [0, 0.05) is 0 Å². The van der Waals surface area contributed by atoms with Crippen molar-refractivity contribution in [1.82, 2.24) is 20.2 Å². The van der Waals surface area contributed by atoms with Gasteiger partial charge in [0.2, 0.25) is 0 Å². The number of nitrogens with zero attached hydrogens (tertiary/aromatic N) is 4. The van der Waals surface area contributed by atoms with Crippen LogP contribution in [0.4, 0.5) is 0 Å². The highest BCUT2D eigenvalue weighted by Crippen LogP contribution is 2.15. The first-order chi connectivity index (χ1) is 6.77. The Morgan fingerprint density at radius 3 is 2.93 bits per heavy atom. The van der Waals surface area contributed by atoms with Crippen molar-refractivity contribution in [2.75, 3.05) is 0 Å². The molecule has 0 bridgehead atoms. The van der Waals surface area contributed by atoms with E-state index in [0.717, 1.165) is 11.3 Å². The van der Waals surface area contributed by atoms with E-state index in [1.807, 2.05) is 24.3 Å². The molecular weight excluding hydrogens is 180 g/mol. The van der Waals surface area contributed by atoms with Crippen LogP contribution in [0.5, 0.6) is 0 Å². The number of aromatic nitrogens is 4. The first-order valence-corrected chi connectivity index (χ1v) is 4.29. The second-order valence-electron chi connectivity index (χ2n) is 3.03. The number of tetrazole rings is 1. The summed E-state index contributed by atoms with van der Waals surface area (Å²) in [4.78, 5) is 0. The highest BCUT2D eigenvalue weighted by atomic mass is 16.3. The van der Waals surface area contributed by atoms with Crippen LogP contribution >= 0.6 is 0 Å². The molecule has 1 aromatic heterocycles. The van der Waals surface area contributed by atoms with E-state index in [1.165, 1.54) is 6.33 Å². The highest BCUT2D eigenvalue weighted by Gasteiger charge is 2.03. The lowest BCUT2D eigenvalue weighted by Crippen LogP contribution is -1.98. The Morgan fingerprint density at radius 1 is 1.43 bits per heavy atom. The van der Waals surface area contributed by atoms with E-state index >= 15 is 0 Å². The standard InChI is InChI=1S/C9H10N4O/c1-7(14)8-3-2-4-9(5-8)13-6-10-11-12-13/h2-7,14H,1H3/t7-/m0/s1. The molecule has 72 valence electrons. The molecule has 0 amide bonds. The predicted octanol–water partition coefficient (Wildman–Crippen LogP) is 0.716. The Labute approximate surface area is 81.0 Å². The molecule has 1 heterocycles. The van der Waals surface area contributed by atoms with Crippen molar-refractivity contribution in [2.45, 2.75) is 13.0 Å². The van der Waals surface area contributed by atoms with Crippen LogP contribution in [0.3, 0.4) is 0 Å². The Kier molecular flexibility index (Phi) is 2.24. The quantitative estimate of drug-likeness (QED) is 0.757. The van der Waals surface area contributed by atoms with Gasteiger partial charge < -0.3 is 5.11 Å². The van der Waals surface area contributed by atoms with Gasteiger partial charge in [-0.2, -0.15) is 0 Å². The van der Waals surface area contributed by atoms with Crippen molar-refractivity contribution in [3.05, 3.63) is 36.2 Å². The number of rotatable bonds is 2. The molecule has 1 aromatic carbocycles. The van der Waals surface area contributed by atoms with Gasteiger partial charge in [0.1, 0.15) is 6.33 Å². The molecule has 0 aliphatic rings. The molecule has 1 N–H and O–H groups in total. The van der Waals surface area contributed by atoms with Crippen LogP contribution in [0.25, 0.3) is 5.69 Å². The van der Waals surface area contributed by atoms with E-state index < -0.39 is 6.10 Å². The van der Waals surface area contributed by atoms with Gasteiger partial charge in [0.25, 0.3) is 0 Å². The molecule has 5 heteroatoms. The first kappa shape index (κ1) is 8.83. The highest BCUT2D eigenvalue weighted by molar-refractivity contribution is 5.35. The van der Waals surface area contributed by atoms with Crippen LogP contribution in [-0.4, -0.2) is 25.3 Å². The van der Waals surface area contributed by atoms with Crippen LogP contribution < -0.4 is 0 Å². The minimum atomic E-state index is -0.480. The number of aliphatic hydroxyl groups is 1.